The molecule has 1 amide bonds. The molecule has 0 aliphatic rings. The first-order valence-electron chi connectivity index (χ1n) is 7.08. The Morgan fingerprint density at radius 2 is 1.78 bits per heavy atom. The molecule has 3 rings (SSSR count). The Hall–Kier alpha value is -3.15. The summed E-state index contributed by atoms with van der Waals surface area (Å²) in [6.45, 7) is 0. The number of alkyl halides is 3. The van der Waals surface area contributed by atoms with Gasteiger partial charge in [-0.25, -0.2) is 8.91 Å². The van der Waals surface area contributed by atoms with E-state index in [9.17, 15) is 30.8 Å². The molecule has 2 aromatic heterocycles. The van der Waals surface area contributed by atoms with Gasteiger partial charge in [0.1, 0.15) is 17.3 Å². The Balaban J connectivity index is 2.15. The highest BCUT2D eigenvalue weighted by Crippen LogP contribution is 2.31. The number of aromatic nitrogens is 2. The number of rotatable bonds is 4. The maximum atomic E-state index is 13.1. The summed E-state index contributed by atoms with van der Waals surface area (Å²) in [6, 6.07) is 6.69. The van der Waals surface area contributed by atoms with Gasteiger partial charge in [0, 0.05) is 23.9 Å². The smallest absolute Gasteiger partial charge is 0.376 e. The maximum absolute atomic E-state index is 13.1. The Kier molecular flexibility index (Phi) is 4.30. The quantitative estimate of drug-likeness (QED) is 0.410. The van der Waals surface area contributed by atoms with Crippen molar-refractivity contribution in [2.45, 2.75) is 5.51 Å². The second-order valence-electron chi connectivity index (χ2n) is 5.27. The van der Waals surface area contributed by atoms with Crippen LogP contribution in [0, 0.1) is 5.82 Å². The first kappa shape index (κ1) is 18.6. The van der Waals surface area contributed by atoms with Crippen LogP contribution in [0.3, 0.4) is 0 Å². The van der Waals surface area contributed by atoms with Crippen molar-refractivity contribution in [3.8, 4) is 17.0 Å². The predicted molar refractivity (Wildman–Crippen MR) is 84.7 cm³/mol. The number of nitrogens with zero attached hydrogens (tertiary/aromatic N) is 2. The van der Waals surface area contributed by atoms with E-state index in [-0.39, 0.29) is 16.8 Å². The monoisotopic (exact) mass is 403 g/mol. The fourth-order valence-electron chi connectivity index (χ4n) is 2.30. The van der Waals surface area contributed by atoms with Crippen molar-refractivity contribution in [3.05, 3.63) is 54.0 Å². The highest BCUT2D eigenvalue weighted by atomic mass is 32.2. The van der Waals surface area contributed by atoms with Crippen LogP contribution in [-0.2, 0) is 10.1 Å². The zero-order chi connectivity index (χ0) is 20.0. The second kappa shape index (κ2) is 6.23. The van der Waals surface area contributed by atoms with Crippen LogP contribution in [0.15, 0.2) is 42.6 Å². The lowest BCUT2D eigenvalue weighted by Gasteiger charge is -2.09. The average molecular weight is 403 g/mol. The van der Waals surface area contributed by atoms with E-state index in [2.05, 4.69) is 9.28 Å². The number of primary amides is 1. The van der Waals surface area contributed by atoms with Crippen molar-refractivity contribution < 1.29 is 35.0 Å². The van der Waals surface area contributed by atoms with Gasteiger partial charge in [0.05, 0.1) is 11.1 Å². The lowest BCUT2D eigenvalue weighted by molar-refractivity contribution is -0.0500. The summed E-state index contributed by atoms with van der Waals surface area (Å²) in [4.78, 5) is 11.8. The third-order valence-electron chi connectivity index (χ3n) is 3.46. The van der Waals surface area contributed by atoms with Crippen LogP contribution in [0.4, 0.5) is 17.6 Å². The number of hydrogen-bond donors (Lipinski definition) is 1. The standard InChI is InChI=1S/C15H9F4N3O4S/c16-9-3-1-8(2-4-9)13-12(14(20)23)11-7-10(5-6-22(11)21-13)26-27(24,25)15(17,18)19/h1-7H,(H2,20,23). The molecule has 2 N–H and O–H groups in total. The summed E-state index contributed by atoms with van der Waals surface area (Å²) in [5.74, 6) is -2.19. The van der Waals surface area contributed by atoms with Gasteiger partial charge in [0.15, 0.2) is 0 Å². The molecular weight excluding hydrogens is 394 g/mol. The molecule has 3 aromatic rings. The molecule has 0 atom stereocenters. The van der Waals surface area contributed by atoms with Crippen molar-refractivity contribution in [1.82, 2.24) is 9.61 Å². The third kappa shape index (κ3) is 3.43. The molecule has 27 heavy (non-hydrogen) atoms. The lowest BCUT2D eigenvalue weighted by Crippen LogP contribution is -2.28. The van der Waals surface area contributed by atoms with Crippen LogP contribution >= 0.6 is 0 Å². The molecule has 0 aliphatic carbocycles. The van der Waals surface area contributed by atoms with Crippen molar-refractivity contribution in [2.24, 2.45) is 5.73 Å². The Morgan fingerprint density at radius 1 is 1.15 bits per heavy atom. The molecule has 1 aromatic carbocycles. The SMILES string of the molecule is NC(=O)c1c(-c2ccc(F)cc2)nn2ccc(OS(=O)(=O)C(F)(F)F)cc12. The number of carbonyl (C=O) groups is 1. The zero-order valence-corrected chi connectivity index (χ0v) is 13.9. The Bertz CT molecular complexity index is 1140. The first-order valence-corrected chi connectivity index (χ1v) is 8.49. The van der Waals surface area contributed by atoms with Crippen LogP contribution in [-0.4, -0.2) is 29.4 Å². The van der Waals surface area contributed by atoms with Gasteiger partial charge in [-0.3, -0.25) is 4.79 Å². The van der Waals surface area contributed by atoms with Crippen LogP contribution in [0.5, 0.6) is 5.75 Å². The van der Waals surface area contributed by atoms with Crippen molar-refractivity contribution in [2.75, 3.05) is 0 Å². The van der Waals surface area contributed by atoms with Crippen molar-refractivity contribution in [1.29, 1.82) is 0 Å². The van der Waals surface area contributed by atoms with E-state index < -0.39 is 33.1 Å². The summed E-state index contributed by atoms with van der Waals surface area (Å²) >= 11 is 0. The van der Waals surface area contributed by atoms with E-state index in [1.54, 1.807) is 0 Å². The van der Waals surface area contributed by atoms with Gasteiger partial charge in [-0.15, -0.1) is 0 Å². The lowest BCUT2D eigenvalue weighted by atomic mass is 10.1. The van der Waals surface area contributed by atoms with E-state index in [4.69, 9.17) is 5.73 Å². The maximum Gasteiger partial charge on any atom is 0.534 e. The van der Waals surface area contributed by atoms with E-state index in [0.717, 1.165) is 35.0 Å². The zero-order valence-electron chi connectivity index (χ0n) is 13.1. The third-order valence-corrected chi connectivity index (χ3v) is 4.44. The molecule has 12 heteroatoms. The molecule has 0 unspecified atom stereocenters. The highest BCUT2D eigenvalue weighted by molar-refractivity contribution is 7.88. The molecule has 142 valence electrons. The van der Waals surface area contributed by atoms with E-state index in [1.165, 1.54) is 12.1 Å². The molecule has 2 heterocycles. The van der Waals surface area contributed by atoms with Gasteiger partial charge in [0.2, 0.25) is 0 Å². The Labute approximate surface area is 149 Å². The molecule has 0 bridgehead atoms. The fourth-order valence-corrected chi connectivity index (χ4v) is 2.76. The molecule has 0 fully saturated rings. The summed E-state index contributed by atoms with van der Waals surface area (Å²) in [5, 5.41) is 4.09. The number of halogens is 4. The normalized spacial score (nSPS) is 12.3. The number of benzene rings is 1. The molecular formula is C15H9F4N3O4S. The van der Waals surface area contributed by atoms with Gasteiger partial charge < -0.3 is 9.92 Å². The van der Waals surface area contributed by atoms with Crippen LogP contribution in [0.2, 0.25) is 0 Å². The van der Waals surface area contributed by atoms with Crippen LogP contribution in [0.25, 0.3) is 16.8 Å². The van der Waals surface area contributed by atoms with E-state index in [1.807, 2.05) is 0 Å². The van der Waals surface area contributed by atoms with Crippen molar-refractivity contribution >= 4 is 21.5 Å². The van der Waals surface area contributed by atoms with Gasteiger partial charge in [-0.2, -0.15) is 26.7 Å². The van der Waals surface area contributed by atoms with Gasteiger partial charge >= 0.3 is 15.6 Å². The second-order valence-corrected chi connectivity index (χ2v) is 6.81. The minimum absolute atomic E-state index is 0.0401. The van der Waals surface area contributed by atoms with Crippen LogP contribution in [0.1, 0.15) is 10.4 Å². The molecule has 0 saturated heterocycles. The average Bonchev–Trinajstić information content (AvgIpc) is 2.93. The number of nitrogens with two attached hydrogens (primary N) is 1. The topological polar surface area (TPSA) is 104 Å². The molecule has 7 nitrogen and oxygen atoms in total. The molecule has 0 aliphatic heterocycles. The molecule has 0 spiro atoms. The van der Waals surface area contributed by atoms with Crippen molar-refractivity contribution in [3.63, 3.8) is 0 Å². The van der Waals surface area contributed by atoms with E-state index in [0.29, 0.717) is 5.56 Å². The van der Waals surface area contributed by atoms with E-state index >= 15 is 0 Å². The number of carbonyl (C=O) groups excluding carboxylic acids is 1. The highest BCUT2D eigenvalue weighted by Gasteiger charge is 2.48. The van der Waals surface area contributed by atoms with Gasteiger partial charge in [-0.1, -0.05) is 0 Å². The summed E-state index contributed by atoms with van der Waals surface area (Å²) in [7, 11) is -5.89. The Morgan fingerprint density at radius 3 is 2.33 bits per heavy atom. The summed E-state index contributed by atoms with van der Waals surface area (Å²) in [5.41, 5.74) is -0.212. The van der Waals surface area contributed by atoms with Crippen LogP contribution < -0.4 is 9.92 Å². The minimum Gasteiger partial charge on any atom is -0.376 e. The predicted octanol–water partition coefficient (Wildman–Crippen LogP) is 2.47. The fraction of sp³-hybridized carbons (Fsp3) is 0.0667. The number of hydrogen-bond acceptors (Lipinski definition) is 5. The molecule has 0 radical (unpaired) electrons. The number of pyridine rings is 1. The molecule has 0 saturated carbocycles. The largest absolute Gasteiger partial charge is 0.534 e. The summed E-state index contributed by atoms with van der Waals surface area (Å²) < 4.78 is 77.9. The first-order chi connectivity index (χ1) is 12.5. The van der Waals surface area contributed by atoms with Gasteiger partial charge in [-0.05, 0) is 24.3 Å². The van der Waals surface area contributed by atoms with Gasteiger partial charge in [0.25, 0.3) is 5.91 Å². The number of amides is 1. The summed E-state index contributed by atoms with van der Waals surface area (Å²) in [6.07, 6.45) is 1.09. The minimum atomic E-state index is -5.89. The number of fused-ring (bicyclic) bond motifs is 1.